The number of rotatable bonds is 7. The second kappa shape index (κ2) is 7.89. The van der Waals surface area contributed by atoms with Crippen molar-refractivity contribution in [3.05, 3.63) is 52.6 Å². The Morgan fingerprint density at radius 2 is 1.41 bits per heavy atom. The van der Waals surface area contributed by atoms with E-state index in [1.165, 1.54) is 24.3 Å². The van der Waals surface area contributed by atoms with Gasteiger partial charge in [0.05, 0.1) is 18.8 Å². The minimum Gasteiger partial charge on any atom is -0.504 e. The molecule has 0 atom stereocenters. The molecule has 0 aromatic heterocycles. The lowest BCUT2D eigenvalue weighted by Gasteiger charge is -2.22. The highest BCUT2D eigenvalue weighted by Gasteiger charge is 2.37. The maximum atomic E-state index is 12.8. The number of fused-ring (bicyclic) bond motifs is 2. The maximum absolute atomic E-state index is 12.8. The summed E-state index contributed by atoms with van der Waals surface area (Å²) in [4.78, 5) is 24.5. The zero-order chi connectivity index (χ0) is 21.3. The fraction of sp³-hybridized carbons (Fsp3) is 0.222. The molecule has 10 nitrogen and oxygen atoms in total. The van der Waals surface area contributed by atoms with E-state index in [1.807, 2.05) is 0 Å². The number of phenols is 2. The Morgan fingerprint density at radius 1 is 0.862 bits per heavy atom. The minimum absolute atomic E-state index is 0.0172. The minimum atomic E-state index is -4.78. The van der Waals surface area contributed by atoms with Gasteiger partial charge in [0.1, 0.15) is 4.90 Å². The van der Waals surface area contributed by atoms with E-state index in [-0.39, 0.29) is 24.2 Å². The molecular formula is C18H17NO9S. The summed E-state index contributed by atoms with van der Waals surface area (Å²) in [7, 11) is -4.78. The largest absolute Gasteiger partial charge is 0.504 e. The third kappa shape index (κ3) is 3.61. The van der Waals surface area contributed by atoms with E-state index in [0.717, 1.165) is 11.1 Å². The van der Waals surface area contributed by atoms with Crippen LogP contribution in [0.15, 0.2) is 35.2 Å². The Labute approximate surface area is 165 Å². The number of aliphatic hydroxyl groups excluding tert-OH is 2. The van der Waals surface area contributed by atoms with Crippen LogP contribution in [0.25, 0.3) is 0 Å². The van der Waals surface area contributed by atoms with Crippen LogP contribution in [0.5, 0.6) is 11.5 Å². The molecular weight excluding hydrogens is 406 g/mol. The first-order chi connectivity index (χ1) is 13.7. The van der Waals surface area contributed by atoms with Gasteiger partial charge in [-0.1, -0.05) is 24.3 Å². The van der Waals surface area contributed by atoms with Crippen LogP contribution in [-0.2, 0) is 14.4 Å². The molecule has 2 aromatic rings. The normalized spacial score (nSPS) is 13.5. The van der Waals surface area contributed by atoms with Crippen molar-refractivity contribution in [1.29, 1.82) is 0 Å². The fourth-order valence-corrected chi connectivity index (χ4v) is 4.08. The van der Waals surface area contributed by atoms with E-state index in [9.17, 15) is 28.2 Å². The molecule has 0 radical (unpaired) electrons. The van der Waals surface area contributed by atoms with Gasteiger partial charge in [0.2, 0.25) is 0 Å². The van der Waals surface area contributed by atoms with E-state index in [0.29, 0.717) is 0 Å². The highest BCUT2D eigenvalue weighted by Crippen LogP contribution is 2.42. The summed E-state index contributed by atoms with van der Waals surface area (Å²) >= 11 is 0. The standard InChI is InChI=1S/C18H17NO9S/c20-7-5-19(6-8-21)28-29(26,27)13-9-12-14(18(25)17(13)24)16(23)11-4-2-1-3-10(11)15(12)22/h1-4,9,20-21,24-25H,5-8H2. The highest BCUT2D eigenvalue weighted by molar-refractivity contribution is 7.86. The molecule has 3 rings (SSSR count). The molecule has 11 heteroatoms. The third-order valence-corrected chi connectivity index (χ3v) is 5.56. The Balaban J connectivity index is 2.13. The van der Waals surface area contributed by atoms with Gasteiger partial charge in [-0.3, -0.25) is 9.59 Å². The van der Waals surface area contributed by atoms with Crippen LogP contribution in [0.3, 0.4) is 0 Å². The van der Waals surface area contributed by atoms with Crippen LogP contribution in [0.1, 0.15) is 31.8 Å². The zero-order valence-electron chi connectivity index (χ0n) is 14.9. The van der Waals surface area contributed by atoms with Crippen LogP contribution in [0.4, 0.5) is 0 Å². The van der Waals surface area contributed by atoms with Gasteiger partial charge in [-0.05, 0) is 6.07 Å². The van der Waals surface area contributed by atoms with Gasteiger partial charge < -0.3 is 20.4 Å². The molecule has 1 aliphatic rings. The highest BCUT2D eigenvalue weighted by atomic mass is 32.2. The first-order valence-electron chi connectivity index (χ1n) is 8.41. The molecule has 2 aromatic carbocycles. The first-order valence-corrected chi connectivity index (χ1v) is 9.82. The number of benzene rings is 2. The Bertz CT molecular complexity index is 1090. The summed E-state index contributed by atoms with van der Waals surface area (Å²) in [6, 6.07) is 6.57. The number of aromatic hydroxyl groups is 2. The van der Waals surface area contributed by atoms with Gasteiger partial charge in [0.15, 0.2) is 23.1 Å². The average molecular weight is 423 g/mol. The summed E-state index contributed by atoms with van der Waals surface area (Å²) in [6.45, 7) is -1.52. The summed E-state index contributed by atoms with van der Waals surface area (Å²) in [5.41, 5.74) is -0.861. The molecule has 4 N–H and O–H groups in total. The van der Waals surface area contributed by atoms with Crippen LogP contribution in [-0.4, -0.2) is 71.8 Å². The van der Waals surface area contributed by atoms with Crippen LogP contribution in [0.2, 0.25) is 0 Å². The number of phenolic OH excluding ortho intramolecular Hbond substituents is 2. The number of aliphatic hydroxyl groups is 2. The van der Waals surface area contributed by atoms with Gasteiger partial charge in [-0.2, -0.15) is 17.8 Å². The van der Waals surface area contributed by atoms with Crippen LogP contribution < -0.4 is 0 Å². The van der Waals surface area contributed by atoms with E-state index < -0.39 is 62.4 Å². The molecule has 29 heavy (non-hydrogen) atoms. The lowest BCUT2D eigenvalue weighted by atomic mass is 9.83. The van der Waals surface area contributed by atoms with Gasteiger partial charge in [-0.15, -0.1) is 0 Å². The number of carbonyl (C=O) groups excluding carboxylic acids is 2. The van der Waals surface area contributed by atoms with Gasteiger partial charge in [0, 0.05) is 29.8 Å². The predicted molar refractivity (Wildman–Crippen MR) is 97.1 cm³/mol. The molecule has 0 heterocycles. The summed E-state index contributed by atoms with van der Waals surface area (Å²) in [6.07, 6.45) is 0. The second-order valence-corrected chi connectivity index (χ2v) is 7.60. The SMILES string of the molecule is O=C1c2ccccc2C(=O)c2c1cc(S(=O)(=O)ON(CCO)CCO)c(O)c2O. The Morgan fingerprint density at radius 3 is 1.97 bits per heavy atom. The molecule has 0 spiro atoms. The van der Waals surface area contributed by atoms with Crippen molar-refractivity contribution in [3.8, 4) is 11.5 Å². The smallest absolute Gasteiger partial charge is 0.316 e. The quantitative estimate of drug-likeness (QED) is 0.295. The monoisotopic (exact) mass is 423 g/mol. The molecule has 0 fully saturated rings. The van der Waals surface area contributed by atoms with Gasteiger partial charge in [-0.25, -0.2) is 0 Å². The van der Waals surface area contributed by atoms with Crippen molar-refractivity contribution in [1.82, 2.24) is 5.06 Å². The number of ketones is 2. The molecule has 0 bridgehead atoms. The van der Waals surface area contributed by atoms with Gasteiger partial charge in [0.25, 0.3) is 0 Å². The zero-order valence-corrected chi connectivity index (χ0v) is 15.7. The molecule has 154 valence electrons. The summed E-state index contributed by atoms with van der Waals surface area (Å²) in [5.74, 6) is -3.66. The van der Waals surface area contributed by atoms with E-state index in [4.69, 9.17) is 14.5 Å². The van der Waals surface area contributed by atoms with E-state index in [2.05, 4.69) is 0 Å². The van der Waals surface area contributed by atoms with Crippen molar-refractivity contribution in [2.45, 2.75) is 4.90 Å². The van der Waals surface area contributed by atoms with Gasteiger partial charge >= 0.3 is 10.1 Å². The lowest BCUT2D eigenvalue weighted by molar-refractivity contribution is -0.0697. The predicted octanol–water partition coefficient (Wildman–Crippen LogP) is -0.220. The lowest BCUT2D eigenvalue weighted by Crippen LogP contribution is -2.33. The Kier molecular flexibility index (Phi) is 5.68. The number of hydrogen-bond acceptors (Lipinski definition) is 10. The second-order valence-electron chi connectivity index (χ2n) is 6.10. The van der Waals surface area contributed by atoms with Crippen LogP contribution in [0, 0.1) is 0 Å². The van der Waals surface area contributed by atoms with Crippen molar-refractivity contribution >= 4 is 21.7 Å². The molecule has 0 unspecified atom stereocenters. The number of carbonyl (C=O) groups is 2. The molecule has 0 aliphatic heterocycles. The number of nitrogens with zero attached hydrogens (tertiary/aromatic N) is 1. The Hall–Kier alpha value is -2.83. The third-order valence-electron chi connectivity index (χ3n) is 4.30. The summed E-state index contributed by atoms with van der Waals surface area (Å²) < 4.78 is 30.0. The fourth-order valence-electron chi connectivity index (χ4n) is 2.98. The summed E-state index contributed by atoms with van der Waals surface area (Å²) in [5, 5.41) is 39.2. The topological polar surface area (TPSA) is 162 Å². The molecule has 0 amide bonds. The van der Waals surface area contributed by atoms with Crippen molar-refractivity contribution < 1.29 is 42.7 Å². The first kappa shape index (κ1) is 20.9. The maximum Gasteiger partial charge on any atom is 0.316 e. The molecule has 1 aliphatic carbocycles. The van der Waals surface area contributed by atoms with Crippen molar-refractivity contribution in [2.24, 2.45) is 0 Å². The van der Waals surface area contributed by atoms with E-state index in [1.54, 1.807) is 0 Å². The number of hydrogen-bond donors (Lipinski definition) is 4. The van der Waals surface area contributed by atoms with Crippen molar-refractivity contribution in [3.63, 3.8) is 0 Å². The molecule has 0 saturated carbocycles. The van der Waals surface area contributed by atoms with Crippen LogP contribution >= 0.6 is 0 Å². The molecule has 0 saturated heterocycles. The average Bonchev–Trinajstić information content (AvgIpc) is 2.68. The van der Waals surface area contributed by atoms with Crippen molar-refractivity contribution in [2.75, 3.05) is 26.3 Å². The van der Waals surface area contributed by atoms with E-state index >= 15 is 0 Å². The number of hydroxylamine groups is 2.